The highest BCUT2D eigenvalue weighted by Crippen LogP contribution is 2.29. The first-order chi connectivity index (χ1) is 16.9. The van der Waals surface area contributed by atoms with E-state index in [2.05, 4.69) is 5.32 Å². The van der Waals surface area contributed by atoms with Crippen LogP contribution in [-0.4, -0.2) is 25.6 Å². The molecule has 0 atom stereocenters. The van der Waals surface area contributed by atoms with Gasteiger partial charge in [-0.15, -0.1) is 0 Å². The van der Waals surface area contributed by atoms with Gasteiger partial charge in [0.1, 0.15) is 17.4 Å². The van der Waals surface area contributed by atoms with Crippen molar-refractivity contribution < 1.29 is 23.8 Å². The summed E-state index contributed by atoms with van der Waals surface area (Å²) in [5.41, 5.74) is 3.47. The molecule has 0 aliphatic heterocycles. The van der Waals surface area contributed by atoms with E-state index >= 15 is 0 Å². The molecule has 0 aromatic heterocycles. The van der Waals surface area contributed by atoms with Crippen LogP contribution >= 0.6 is 0 Å². The summed E-state index contributed by atoms with van der Waals surface area (Å²) in [5, 5.41) is 12.2. The van der Waals surface area contributed by atoms with Gasteiger partial charge in [-0.05, 0) is 66.4 Å². The largest absolute Gasteiger partial charge is 0.493 e. The first-order valence-electron chi connectivity index (χ1n) is 10.9. The van der Waals surface area contributed by atoms with E-state index in [-0.39, 0.29) is 23.7 Å². The van der Waals surface area contributed by atoms with Crippen LogP contribution in [0.3, 0.4) is 0 Å². The summed E-state index contributed by atoms with van der Waals surface area (Å²) in [6, 6.07) is 21.7. The molecule has 0 aliphatic carbocycles. The van der Waals surface area contributed by atoms with E-state index in [1.54, 1.807) is 12.1 Å². The van der Waals surface area contributed by atoms with Crippen LogP contribution in [0.1, 0.15) is 22.3 Å². The van der Waals surface area contributed by atoms with Crippen molar-refractivity contribution in [2.75, 3.05) is 13.7 Å². The number of methoxy groups -OCH3 is 1. The molecule has 0 unspecified atom stereocenters. The summed E-state index contributed by atoms with van der Waals surface area (Å²) in [7, 11) is 1.43. The molecule has 0 radical (unpaired) electrons. The molecule has 178 valence electrons. The van der Waals surface area contributed by atoms with Crippen LogP contribution in [0.15, 0.2) is 72.3 Å². The molecule has 35 heavy (non-hydrogen) atoms. The number of esters is 1. The Morgan fingerprint density at radius 3 is 2.34 bits per heavy atom. The molecule has 1 amide bonds. The Balaban J connectivity index is 1.64. The van der Waals surface area contributed by atoms with Crippen molar-refractivity contribution in [3.63, 3.8) is 0 Å². The number of benzene rings is 3. The monoisotopic (exact) mass is 470 g/mol. The van der Waals surface area contributed by atoms with Gasteiger partial charge < -0.3 is 19.5 Å². The van der Waals surface area contributed by atoms with Crippen molar-refractivity contribution in [3.8, 4) is 23.3 Å². The van der Waals surface area contributed by atoms with Gasteiger partial charge in [0.2, 0.25) is 0 Å². The number of nitriles is 1. The standard InChI is InChI=1S/C28H26N2O5/c1-19-11-20(2)13-24(12-19)34-18-27(31)35-25-10-9-22(15-26(25)33-3)14-23(16-29)28(32)30-17-21-7-5-4-6-8-21/h4-15H,17-18H2,1-3H3,(H,30,32)/b23-14+. The van der Waals surface area contributed by atoms with E-state index < -0.39 is 11.9 Å². The van der Waals surface area contributed by atoms with Crippen LogP contribution in [0.4, 0.5) is 0 Å². The third-order valence-electron chi connectivity index (χ3n) is 4.94. The Bertz CT molecular complexity index is 1260. The number of nitrogens with one attached hydrogen (secondary N) is 1. The zero-order chi connectivity index (χ0) is 25.2. The van der Waals surface area contributed by atoms with Gasteiger partial charge in [0.05, 0.1) is 7.11 Å². The molecule has 7 nitrogen and oxygen atoms in total. The summed E-state index contributed by atoms with van der Waals surface area (Å²) in [5.74, 6) is -0.0224. The molecule has 0 aliphatic rings. The lowest BCUT2D eigenvalue weighted by molar-refractivity contribution is -0.136. The minimum absolute atomic E-state index is 0.0606. The predicted molar refractivity (Wildman–Crippen MR) is 132 cm³/mol. The number of ether oxygens (including phenoxy) is 3. The molecule has 0 heterocycles. The number of amides is 1. The summed E-state index contributed by atoms with van der Waals surface area (Å²) < 4.78 is 16.3. The van der Waals surface area contributed by atoms with Crippen LogP contribution in [0.2, 0.25) is 0 Å². The number of carbonyl (C=O) groups is 2. The smallest absolute Gasteiger partial charge is 0.349 e. The van der Waals surface area contributed by atoms with Gasteiger partial charge in [0, 0.05) is 6.54 Å². The van der Waals surface area contributed by atoms with Crippen molar-refractivity contribution in [3.05, 3.63) is 94.6 Å². The number of rotatable bonds is 9. The molecule has 7 heteroatoms. The Hall–Kier alpha value is -4.57. The summed E-state index contributed by atoms with van der Waals surface area (Å²) in [4.78, 5) is 24.7. The summed E-state index contributed by atoms with van der Waals surface area (Å²) in [6.07, 6.45) is 1.44. The van der Waals surface area contributed by atoms with E-state index in [0.717, 1.165) is 16.7 Å². The van der Waals surface area contributed by atoms with E-state index in [1.165, 1.54) is 19.3 Å². The summed E-state index contributed by atoms with van der Waals surface area (Å²) >= 11 is 0. The number of carbonyl (C=O) groups excluding carboxylic acids is 2. The van der Waals surface area contributed by atoms with E-state index in [0.29, 0.717) is 17.9 Å². The highest BCUT2D eigenvalue weighted by atomic mass is 16.6. The van der Waals surface area contributed by atoms with Crippen LogP contribution in [0.5, 0.6) is 17.2 Å². The van der Waals surface area contributed by atoms with Gasteiger partial charge in [0.25, 0.3) is 5.91 Å². The van der Waals surface area contributed by atoms with E-state index in [9.17, 15) is 14.9 Å². The van der Waals surface area contributed by atoms with Crippen molar-refractivity contribution in [1.29, 1.82) is 5.26 Å². The quantitative estimate of drug-likeness (QED) is 0.214. The van der Waals surface area contributed by atoms with Crippen molar-refractivity contribution >= 4 is 18.0 Å². The Kier molecular flexibility index (Phi) is 8.63. The number of hydrogen-bond donors (Lipinski definition) is 1. The second-order valence-electron chi connectivity index (χ2n) is 7.83. The maximum atomic E-state index is 12.4. The fourth-order valence-electron chi connectivity index (χ4n) is 3.36. The highest BCUT2D eigenvalue weighted by molar-refractivity contribution is 6.01. The average Bonchev–Trinajstić information content (AvgIpc) is 2.85. The fourth-order valence-corrected chi connectivity index (χ4v) is 3.36. The minimum atomic E-state index is -0.594. The molecule has 3 rings (SSSR count). The first-order valence-corrected chi connectivity index (χ1v) is 10.9. The third kappa shape index (κ3) is 7.47. The lowest BCUT2D eigenvalue weighted by atomic mass is 10.1. The molecular formula is C28H26N2O5. The fraction of sp³-hybridized carbons (Fsp3) is 0.179. The van der Waals surface area contributed by atoms with E-state index in [1.807, 2.05) is 68.4 Å². The van der Waals surface area contributed by atoms with Crippen molar-refractivity contribution in [1.82, 2.24) is 5.32 Å². The molecule has 0 fully saturated rings. The molecule has 0 spiro atoms. The number of hydrogen-bond acceptors (Lipinski definition) is 6. The Morgan fingerprint density at radius 2 is 1.69 bits per heavy atom. The van der Waals surface area contributed by atoms with Crippen molar-refractivity contribution in [2.24, 2.45) is 0 Å². The lowest BCUT2D eigenvalue weighted by Gasteiger charge is -2.11. The number of aryl methyl sites for hydroxylation is 2. The molecule has 3 aromatic carbocycles. The normalized spacial score (nSPS) is 10.7. The first kappa shape index (κ1) is 25.1. The van der Waals surface area contributed by atoms with Gasteiger partial charge >= 0.3 is 5.97 Å². The Morgan fingerprint density at radius 1 is 0.971 bits per heavy atom. The topological polar surface area (TPSA) is 97.6 Å². The Labute approximate surface area is 204 Å². The second-order valence-corrected chi connectivity index (χ2v) is 7.83. The maximum absolute atomic E-state index is 12.4. The van der Waals surface area contributed by atoms with Crippen LogP contribution in [0.25, 0.3) is 6.08 Å². The van der Waals surface area contributed by atoms with Gasteiger partial charge in [-0.2, -0.15) is 5.26 Å². The summed E-state index contributed by atoms with van der Waals surface area (Å²) in [6.45, 7) is 3.93. The van der Waals surface area contributed by atoms with Crippen LogP contribution < -0.4 is 19.5 Å². The zero-order valence-corrected chi connectivity index (χ0v) is 19.8. The molecular weight excluding hydrogens is 444 g/mol. The maximum Gasteiger partial charge on any atom is 0.349 e. The van der Waals surface area contributed by atoms with Gasteiger partial charge in [0.15, 0.2) is 18.1 Å². The molecule has 0 saturated carbocycles. The molecule has 0 bridgehead atoms. The lowest BCUT2D eigenvalue weighted by Crippen LogP contribution is -2.23. The third-order valence-corrected chi connectivity index (χ3v) is 4.94. The highest BCUT2D eigenvalue weighted by Gasteiger charge is 2.14. The zero-order valence-electron chi connectivity index (χ0n) is 19.8. The van der Waals surface area contributed by atoms with Gasteiger partial charge in [-0.3, -0.25) is 4.79 Å². The molecule has 3 aromatic rings. The number of nitrogens with zero attached hydrogens (tertiary/aromatic N) is 1. The molecule has 1 N–H and O–H groups in total. The second kappa shape index (κ2) is 12.1. The minimum Gasteiger partial charge on any atom is -0.493 e. The van der Waals surface area contributed by atoms with Crippen LogP contribution in [0, 0.1) is 25.2 Å². The van der Waals surface area contributed by atoms with E-state index in [4.69, 9.17) is 14.2 Å². The van der Waals surface area contributed by atoms with Gasteiger partial charge in [-0.1, -0.05) is 42.5 Å². The molecule has 0 saturated heterocycles. The predicted octanol–water partition coefficient (Wildman–Crippen LogP) is 4.52. The van der Waals surface area contributed by atoms with Crippen molar-refractivity contribution in [2.45, 2.75) is 20.4 Å². The van der Waals surface area contributed by atoms with Crippen LogP contribution in [-0.2, 0) is 16.1 Å². The van der Waals surface area contributed by atoms with Gasteiger partial charge in [-0.25, -0.2) is 4.79 Å². The SMILES string of the molecule is COc1cc(/C=C(\C#N)C(=O)NCc2ccccc2)ccc1OC(=O)COc1cc(C)cc(C)c1. The average molecular weight is 471 g/mol.